The molecule has 0 aliphatic carbocycles. The molecule has 0 bridgehead atoms. The standard InChI is InChI=1S/C15H21N3O/c1-15(2,3)12-8-6-5-7-11(12)14-18-17-13(19-14)9-10-16-4/h5-8,16H,9-10H2,1-4H3. The van der Waals surface area contributed by atoms with Crippen molar-refractivity contribution in [1.29, 1.82) is 0 Å². The van der Waals surface area contributed by atoms with Crippen LogP contribution in [0, 0.1) is 0 Å². The number of likely N-dealkylation sites (N-methyl/N-ethyl adjacent to an activating group) is 1. The van der Waals surface area contributed by atoms with Crippen molar-refractivity contribution in [2.75, 3.05) is 13.6 Å². The van der Waals surface area contributed by atoms with Crippen LogP contribution in [0.3, 0.4) is 0 Å². The number of nitrogens with zero attached hydrogens (tertiary/aromatic N) is 2. The van der Waals surface area contributed by atoms with Gasteiger partial charge in [0.2, 0.25) is 11.8 Å². The predicted molar refractivity (Wildman–Crippen MR) is 76.1 cm³/mol. The Balaban J connectivity index is 2.34. The fourth-order valence-electron chi connectivity index (χ4n) is 2.02. The number of benzene rings is 1. The van der Waals surface area contributed by atoms with Crippen LogP contribution in [0.5, 0.6) is 0 Å². The van der Waals surface area contributed by atoms with Crippen molar-refractivity contribution in [2.45, 2.75) is 32.6 Å². The fourth-order valence-corrected chi connectivity index (χ4v) is 2.02. The van der Waals surface area contributed by atoms with Gasteiger partial charge in [-0.3, -0.25) is 0 Å². The first kappa shape index (κ1) is 13.7. The Kier molecular flexibility index (Phi) is 4.00. The van der Waals surface area contributed by atoms with Crippen LogP contribution < -0.4 is 5.32 Å². The fraction of sp³-hybridized carbons (Fsp3) is 0.467. The molecule has 19 heavy (non-hydrogen) atoms. The molecule has 0 aliphatic rings. The zero-order valence-electron chi connectivity index (χ0n) is 12.0. The van der Waals surface area contributed by atoms with E-state index in [0.29, 0.717) is 11.8 Å². The summed E-state index contributed by atoms with van der Waals surface area (Å²) in [4.78, 5) is 0. The highest BCUT2D eigenvalue weighted by Gasteiger charge is 2.21. The van der Waals surface area contributed by atoms with E-state index in [1.807, 2.05) is 25.2 Å². The first-order valence-corrected chi connectivity index (χ1v) is 6.59. The summed E-state index contributed by atoms with van der Waals surface area (Å²) >= 11 is 0. The molecule has 0 unspecified atom stereocenters. The van der Waals surface area contributed by atoms with Crippen molar-refractivity contribution >= 4 is 0 Å². The van der Waals surface area contributed by atoms with Crippen molar-refractivity contribution < 1.29 is 4.42 Å². The van der Waals surface area contributed by atoms with Gasteiger partial charge in [0, 0.05) is 18.5 Å². The monoisotopic (exact) mass is 259 g/mol. The molecule has 0 amide bonds. The Morgan fingerprint density at radius 1 is 1.16 bits per heavy atom. The van der Waals surface area contributed by atoms with Crippen LogP contribution in [-0.4, -0.2) is 23.8 Å². The van der Waals surface area contributed by atoms with Crippen LogP contribution in [0.2, 0.25) is 0 Å². The van der Waals surface area contributed by atoms with Crippen LogP contribution in [-0.2, 0) is 11.8 Å². The largest absolute Gasteiger partial charge is 0.421 e. The summed E-state index contributed by atoms with van der Waals surface area (Å²) in [6, 6.07) is 8.20. The van der Waals surface area contributed by atoms with Gasteiger partial charge in [0.15, 0.2) is 0 Å². The zero-order chi connectivity index (χ0) is 13.9. The molecule has 0 saturated heterocycles. The second kappa shape index (κ2) is 5.53. The van der Waals surface area contributed by atoms with Gasteiger partial charge in [-0.25, -0.2) is 0 Å². The highest BCUT2D eigenvalue weighted by atomic mass is 16.4. The highest BCUT2D eigenvalue weighted by molar-refractivity contribution is 5.60. The molecule has 0 aliphatic heterocycles. The minimum absolute atomic E-state index is 0.0518. The van der Waals surface area contributed by atoms with E-state index in [1.54, 1.807) is 0 Å². The molecule has 0 radical (unpaired) electrons. The van der Waals surface area contributed by atoms with E-state index >= 15 is 0 Å². The van der Waals surface area contributed by atoms with Gasteiger partial charge in [0.1, 0.15) is 0 Å². The smallest absolute Gasteiger partial charge is 0.248 e. The van der Waals surface area contributed by atoms with Crippen molar-refractivity contribution in [2.24, 2.45) is 0 Å². The third-order valence-electron chi connectivity index (χ3n) is 3.02. The maximum absolute atomic E-state index is 5.75. The van der Waals surface area contributed by atoms with Gasteiger partial charge in [-0.2, -0.15) is 0 Å². The average molecular weight is 259 g/mol. The maximum Gasteiger partial charge on any atom is 0.248 e. The normalized spacial score (nSPS) is 11.8. The summed E-state index contributed by atoms with van der Waals surface area (Å²) < 4.78 is 5.75. The summed E-state index contributed by atoms with van der Waals surface area (Å²) in [7, 11) is 1.91. The molecule has 2 rings (SSSR count). The van der Waals surface area contributed by atoms with Crippen molar-refractivity contribution in [3.05, 3.63) is 35.7 Å². The number of hydrogen-bond donors (Lipinski definition) is 1. The molecule has 1 aromatic carbocycles. The molecule has 0 fully saturated rings. The van der Waals surface area contributed by atoms with Crippen LogP contribution in [0.15, 0.2) is 28.7 Å². The molecular formula is C15H21N3O. The minimum Gasteiger partial charge on any atom is -0.421 e. The first-order valence-electron chi connectivity index (χ1n) is 6.59. The third kappa shape index (κ3) is 3.20. The average Bonchev–Trinajstić information content (AvgIpc) is 2.84. The second-order valence-electron chi connectivity index (χ2n) is 5.65. The summed E-state index contributed by atoms with van der Waals surface area (Å²) in [5, 5.41) is 11.3. The van der Waals surface area contributed by atoms with Gasteiger partial charge in [-0.05, 0) is 24.1 Å². The number of aromatic nitrogens is 2. The molecule has 1 aromatic heterocycles. The SMILES string of the molecule is CNCCc1nnc(-c2ccccc2C(C)(C)C)o1. The summed E-state index contributed by atoms with van der Waals surface area (Å²) in [6.45, 7) is 7.39. The predicted octanol–water partition coefficient (Wildman–Crippen LogP) is 2.80. The van der Waals surface area contributed by atoms with Gasteiger partial charge in [0.25, 0.3) is 0 Å². The lowest BCUT2D eigenvalue weighted by atomic mass is 9.84. The van der Waals surface area contributed by atoms with E-state index in [4.69, 9.17) is 4.42 Å². The van der Waals surface area contributed by atoms with E-state index in [-0.39, 0.29) is 5.41 Å². The highest BCUT2D eigenvalue weighted by Crippen LogP contribution is 2.31. The zero-order valence-corrected chi connectivity index (χ0v) is 12.0. The second-order valence-corrected chi connectivity index (χ2v) is 5.65. The lowest BCUT2D eigenvalue weighted by molar-refractivity contribution is 0.497. The van der Waals surface area contributed by atoms with Gasteiger partial charge in [-0.15, -0.1) is 10.2 Å². The van der Waals surface area contributed by atoms with Crippen molar-refractivity contribution in [3.63, 3.8) is 0 Å². The van der Waals surface area contributed by atoms with E-state index in [0.717, 1.165) is 18.5 Å². The minimum atomic E-state index is 0.0518. The Labute approximate surface area is 114 Å². The molecule has 0 spiro atoms. The van der Waals surface area contributed by atoms with Crippen LogP contribution in [0.1, 0.15) is 32.2 Å². The van der Waals surface area contributed by atoms with Gasteiger partial charge >= 0.3 is 0 Å². The summed E-state index contributed by atoms with van der Waals surface area (Å²) in [5.74, 6) is 1.28. The molecule has 2 aromatic rings. The molecule has 4 nitrogen and oxygen atoms in total. The van der Waals surface area contributed by atoms with Crippen LogP contribution in [0.25, 0.3) is 11.5 Å². The molecule has 0 atom stereocenters. The van der Waals surface area contributed by atoms with Gasteiger partial charge < -0.3 is 9.73 Å². The summed E-state index contributed by atoms with van der Waals surface area (Å²) in [6.07, 6.45) is 0.751. The molecule has 0 saturated carbocycles. The third-order valence-corrected chi connectivity index (χ3v) is 3.02. The summed E-state index contributed by atoms with van der Waals surface area (Å²) in [5.41, 5.74) is 2.30. The first-order chi connectivity index (χ1) is 9.02. The molecule has 1 N–H and O–H groups in total. The van der Waals surface area contributed by atoms with E-state index in [1.165, 1.54) is 5.56 Å². The molecule has 1 heterocycles. The molecule has 102 valence electrons. The Morgan fingerprint density at radius 3 is 2.58 bits per heavy atom. The van der Waals surface area contributed by atoms with E-state index in [9.17, 15) is 0 Å². The topological polar surface area (TPSA) is 51.0 Å². The van der Waals surface area contributed by atoms with E-state index < -0.39 is 0 Å². The lowest BCUT2D eigenvalue weighted by Gasteiger charge is -2.21. The lowest BCUT2D eigenvalue weighted by Crippen LogP contribution is -2.12. The van der Waals surface area contributed by atoms with Gasteiger partial charge in [-0.1, -0.05) is 39.0 Å². The molecule has 4 heteroatoms. The van der Waals surface area contributed by atoms with Gasteiger partial charge in [0.05, 0.1) is 0 Å². The maximum atomic E-state index is 5.75. The quantitative estimate of drug-likeness (QED) is 0.917. The number of hydrogen-bond acceptors (Lipinski definition) is 4. The molecular weight excluding hydrogens is 238 g/mol. The number of nitrogens with one attached hydrogen (secondary N) is 1. The van der Waals surface area contributed by atoms with Crippen LogP contribution >= 0.6 is 0 Å². The van der Waals surface area contributed by atoms with Crippen molar-refractivity contribution in [1.82, 2.24) is 15.5 Å². The Hall–Kier alpha value is -1.68. The van der Waals surface area contributed by atoms with Crippen LogP contribution in [0.4, 0.5) is 0 Å². The Bertz CT molecular complexity index is 540. The van der Waals surface area contributed by atoms with Crippen molar-refractivity contribution in [3.8, 4) is 11.5 Å². The number of rotatable bonds is 4. The Morgan fingerprint density at radius 2 is 1.89 bits per heavy atom. The van der Waals surface area contributed by atoms with E-state index in [2.05, 4.69) is 42.4 Å².